The lowest BCUT2D eigenvalue weighted by Crippen LogP contribution is -2.44. The second-order valence-electron chi connectivity index (χ2n) is 4.65. The lowest BCUT2D eigenvalue weighted by molar-refractivity contribution is -0.151. The Morgan fingerprint density at radius 2 is 1.84 bits per heavy atom. The summed E-state index contributed by atoms with van der Waals surface area (Å²) in [4.78, 5) is 24.4. The van der Waals surface area contributed by atoms with Crippen molar-refractivity contribution in [2.75, 3.05) is 7.05 Å². The van der Waals surface area contributed by atoms with Crippen molar-refractivity contribution in [3.63, 3.8) is 0 Å². The molecule has 0 radical (unpaired) electrons. The van der Waals surface area contributed by atoms with Crippen LogP contribution in [0.3, 0.4) is 0 Å². The van der Waals surface area contributed by atoms with Gasteiger partial charge in [0.05, 0.1) is 0 Å². The van der Waals surface area contributed by atoms with Crippen LogP contribution in [-0.2, 0) is 16.1 Å². The third-order valence-electron chi connectivity index (χ3n) is 2.79. The molecule has 0 aromatic heterocycles. The van der Waals surface area contributed by atoms with Crippen LogP contribution >= 0.6 is 11.6 Å². The third kappa shape index (κ3) is 4.56. The van der Waals surface area contributed by atoms with Gasteiger partial charge in [0.15, 0.2) is 0 Å². The Morgan fingerprint density at radius 3 is 2.32 bits per heavy atom. The summed E-state index contributed by atoms with van der Waals surface area (Å²) in [6.07, 6.45) is 0. The molecule has 0 aliphatic heterocycles. The minimum atomic E-state index is -0.672. The number of rotatable bonds is 5. The topological polar surface area (TPSA) is 46.6 Å². The van der Waals surface area contributed by atoms with Gasteiger partial charge in [-0.2, -0.15) is 0 Å². The zero-order chi connectivity index (χ0) is 14.4. The van der Waals surface area contributed by atoms with Gasteiger partial charge in [-0.1, -0.05) is 44.2 Å². The first kappa shape index (κ1) is 15.5. The highest BCUT2D eigenvalue weighted by molar-refractivity contribution is 6.62. The smallest absolute Gasteiger partial charge is 0.329 e. The first-order chi connectivity index (χ1) is 8.93. The first-order valence-electron chi connectivity index (χ1n) is 6.06. The molecular formula is C14H18ClNO3. The summed E-state index contributed by atoms with van der Waals surface area (Å²) in [6, 6.07) is 8.70. The molecule has 0 fully saturated rings. The second kappa shape index (κ2) is 7.14. The van der Waals surface area contributed by atoms with E-state index in [9.17, 15) is 9.59 Å². The van der Waals surface area contributed by atoms with Crippen LogP contribution in [0.4, 0.5) is 4.79 Å². The molecule has 1 aromatic rings. The zero-order valence-corrected chi connectivity index (χ0v) is 12.1. The lowest BCUT2D eigenvalue weighted by Gasteiger charge is -2.27. The number of halogens is 1. The van der Waals surface area contributed by atoms with Crippen LogP contribution in [-0.4, -0.2) is 29.3 Å². The molecule has 0 saturated carbocycles. The summed E-state index contributed by atoms with van der Waals surface area (Å²) >= 11 is 5.41. The van der Waals surface area contributed by atoms with Gasteiger partial charge in [0.1, 0.15) is 12.6 Å². The fourth-order valence-electron chi connectivity index (χ4n) is 1.80. The Kier molecular flexibility index (Phi) is 5.83. The molecular weight excluding hydrogens is 266 g/mol. The van der Waals surface area contributed by atoms with Crippen molar-refractivity contribution < 1.29 is 14.3 Å². The maximum Gasteiger partial charge on any atom is 0.329 e. The van der Waals surface area contributed by atoms with Crippen molar-refractivity contribution in [3.05, 3.63) is 35.9 Å². The van der Waals surface area contributed by atoms with Crippen molar-refractivity contribution in [2.24, 2.45) is 5.92 Å². The molecule has 0 N–H and O–H groups in total. The average Bonchev–Trinajstić information content (AvgIpc) is 2.37. The van der Waals surface area contributed by atoms with Crippen molar-refractivity contribution in [1.29, 1.82) is 0 Å². The van der Waals surface area contributed by atoms with Gasteiger partial charge < -0.3 is 9.64 Å². The van der Waals surface area contributed by atoms with E-state index in [2.05, 4.69) is 0 Å². The van der Waals surface area contributed by atoms with Crippen LogP contribution in [0.1, 0.15) is 19.4 Å². The quantitative estimate of drug-likeness (QED) is 0.474. The van der Waals surface area contributed by atoms with Crippen molar-refractivity contribution in [3.8, 4) is 0 Å². The molecule has 4 nitrogen and oxygen atoms in total. The fraction of sp³-hybridized carbons (Fsp3) is 0.429. The molecule has 19 heavy (non-hydrogen) atoms. The molecule has 0 saturated heterocycles. The van der Waals surface area contributed by atoms with E-state index in [0.717, 1.165) is 5.56 Å². The Bertz CT molecular complexity index is 434. The second-order valence-corrected chi connectivity index (χ2v) is 4.97. The zero-order valence-electron chi connectivity index (χ0n) is 11.3. The predicted octanol–water partition coefficient (Wildman–Crippen LogP) is 3.05. The maximum absolute atomic E-state index is 12.0. The highest BCUT2D eigenvalue weighted by Crippen LogP contribution is 2.14. The van der Waals surface area contributed by atoms with E-state index in [0.29, 0.717) is 0 Å². The van der Waals surface area contributed by atoms with Crippen molar-refractivity contribution >= 4 is 22.9 Å². The summed E-state index contributed by atoms with van der Waals surface area (Å²) in [6.45, 7) is 3.86. The van der Waals surface area contributed by atoms with Gasteiger partial charge in [-0.05, 0) is 23.1 Å². The number of carbonyl (C=O) groups is 2. The summed E-state index contributed by atoms with van der Waals surface area (Å²) in [5, 5.41) is -0.671. The molecule has 1 unspecified atom stereocenters. The number of amides is 1. The highest BCUT2D eigenvalue weighted by atomic mass is 35.5. The van der Waals surface area contributed by atoms with Gasteiger partial charge in [-0.15, -0.1) is 0 Å². The highest BCUT2D eigenvalue weighted by Gasteiger charge is 2.30. The SMILES string of the molecule is CC(C)C(C(=O)OCc1ccccc1)N(C)C(=O)Cl. The van der Waals surface area contributed by atoms with E-state index in [1.807, 2.05) is 44.2 Å². The molecule has 1 atom stereocenters. The van der Waals surface area contributed by atoms with Gasteiger partial charge in [0.25, 0.3) is 0 Å². The number of esters is 1. The van der Waals surface area contributed by atoms with E-state index in [1.54, 1.807) is 0 Å². The molecule has 104 valence electrons. The third-order valence-corrected chi connectivity index (χ3v) is 3.06. The standard InChI is InChI=1S/C14H18ClNO3/c1-10(2)12(16(3)14(15)18)13(17)19-9-11-7-5-4-6-8-11/h4-8,10,12H,9H2,1-3H3. The average molecular weight is 284 g/mol. The number of nitrogens with zero attached hydrogens (tertiary/aromatic N) is 1. The monoisotopic (exact) mass is 283 g/mol. The molecule has 0 heterocycles. The Morgan fingerprint density at radius 1 is 1.26 bits per heavy atom. The molecule has 0 aliphatic rings. The molecule has 0 aliphatic carbocycles. The summed E-state index contributed by atoms with van der Waals surface area (Å²) in [7, 11) is 1.49. The summed E-state index contributed by atoms with van der Waals surface area (Å²) in [5.41, 5.74) is 0.901. The first-order valence-corrected chi connectivity index (χ1v) is 6.44. The van der Waals surface area contributed by atoms with Gasteiger partial charge in [-0.3, -0.25) is 4.79 Å². The van der Waals surface area contributed by atoms with Crippen LogP contribution in [0.25, 0.3) is 0 Å². The summed E-state index contributed by atoms with van der Waals surface area (Å²) < 4.78 is 5.23. The van der Waals surface area contributed by atoms with Crippen molar-refractivity contribution in [1.82, 2.24) is 4.90 Å². The van der Waals surface area contributed by atoms with E-state index < -0.39 is 17.4 Å². The Hall–Kier alpha value is -1.55. The Balaban J connectivity index is 2.65. The van der Waals surface area contributed by atoms with Gasteiger partial charge in [-0.25, -0.2) is 4.79 Å². The fourth-order valence-corrected chi connectivity index (χ4v) is 1.91. The predicted molar refractivity (Wildman–Crippen MR) is 73.9 cm³/mol. The largest absolute Gasteiger partial charge is 0.459 e. The normalized spacial score (nSPS) is 12.1. The Labute approximate surface area is 118 Å². The van der Waals surface area contributed by atoms with Gasteiger partial charge >= 0.3 is 11.3 Å². The lowest BCUT2D eigenvalue weighted by atomic mass is 10.0. The maximum atomic E-state index is 12.0. The minimum absolute atomic E-state index is 0.0732. The van der Waals surface area contributed by atoms with Crippen LogP contribution in [0.15, 0.2) is 30.3 Å². The summed E-state index contributed by atoms with van der Waals surface area (Å²) in [5.74, 6) is -0.522. The molecule has 0 spiro atoms. The number of carbonyl (C=O) groups excluding carboxylic acids is 2. The van der Waals surface area contributed by atoms with E-state index in [-0.39, 0.29) is 12.5 Å². The van der Waals surface area contributed by atoms with E-state index in [4.69, 9.17) is 16.3 Å². The number of ether oxygens (including phenoxy) is 1. The van der Waals surface area contributed by atoms with Crippen molar-refractivity contribution in [2.45, 2.75) is 26.5 Å². The van der Waals surface area contributed by atoms with E-state index in [1.165, 1.54) is 11.9 Å². The van der Waals surface area contributed by atoms with Crippen LogP contribution < -0.4 is 0 Å². The number of hydrogen-bond donors (Lipinski definition) is 0. The molecule has 5 heteroatoms. The van der Waals surface area contributed by atoms with Crippen LogP contribution in [0.2, 0.25) is 0 Å². The van der Waals surface area contributed by atoms with Gasteiger partial charge in [0.2, 0.25) is 0 Å². The molecule has 0 bridgehead atoms. The number of hydrogen-bond acceptors (Lipinski definition) is 3. The number of benzene rings is 1. The van der Waals surface area contributed by atoms with E-state index >= 15 is 0 Å². The molecule has 1 amide bonds. The van der Waals surface area contributed by atoms with Gasteiger partial charge in [0, 0.05) is 7.05 Å². The van der Waals surface area contributed by atoms with Crippen LogP contribution in [0, 0.1) is 5.92 Å². The number of likely N-dealkylation sites (N-methyl/N-ethyl adjacent to an activating group) is 1. The van der Waals surface area contributed by atoms with Crippen LogP contribution in [0.5, 0.6) is 0 Å². The minimum Gasteiger partial charge on any atom is -0.459 e. The molecule has 1 rings (SSSR count). The molecule has 1 aromatic carbocycles.